The molecule has 0 unspecified atom stereocenters. The van der Waals surface area contributed by atoms with Gasteiger partial charge < -0.3 is 5.32 Å². The van der Waals surface area contributed by atoms with Gasteiger partial charge in [-0.2, -0.15) is 0 Å². The lowest BCUT2D eigenvalue weighted by molar-refractivity contribution is -0.121. The molecule has 27 heavy (non-hydrogen) atoms. The number of carbonyl (C=O) groups excluding carboxylic acids is 1. The smallest absolute Gasteiger partial charge is 0.241 e. The highest BCUT2D eigenvalue weighted by molar-refractivity contribution is 7.98. The summed E-state index contributed by atoms with van der Waals surface area (Å²) >= 11 is 1.68. The first kappa shape index (κ1) is 18.4. The zero-order chi connectivity index (χ0) is 18.6. The molecule has 7 nitrogen and oxygen atoms in total. The van der Waals surface area contributed by atoms with Gasteiger partial charge in [-0.15, -0.1) is 16.9 Å². The third-order valence-corrected chi connectivity index (χ3v) is 6.47. The van der Waals surface area contributed by atoms with Crippen molar-refractivity contribution in [1.82, 2.24) is 25.1 Å². The molecule has 1 aromatic heterocycles. The summed E-state index contributed by atoms with van der Waals surface area (Å²) in [6, 6.07) is 8.51. The highest BCUT2D eigenvalue weighted by Gasteiger charge is 2.41. The molecule has 4 rings (SSSR count). The van der Waals surface area contributed by atoms with E-state index in [4.69, 9.17) is 0 Å². The van der Waals surface area contributed by atoms with Crippen LogP contribution in [0.1, 0.15) is 44.6 Å². The SMILES string of the molecule is CSc1cccc(NC(=O)[C@@H]2C[C@H](n3cnnn3)CN2C2CCCCC2)c1. The molecule has 1 N–H and O–H groups in total. The number of hydrogen-bond donors (Lipinski definition) is 1. The molecule has 2 aromatic rings. The number of aromatic nitrogens is 4. The summed E-state index contributed by atoms with van der Waals surface area (Å²) in [5.41, 5.74) is 0.862. The molecule has 1 aliphatic carbocycles. The molecule has 0 radical (unpaired) electrons. The fourth-order valence-corrected chi connectivity index (χ4v) is 4.83. The fourth-order valence-electron chi connectivity index (χ4n) is 4.37. The number of nitrogens with one attached hydrogen (secondary N) is 1. The van der Waals surface area contributed by atoms with Crippen LogP contribution < -0.4 is 5.32 Å². The second kappa shape index (κ2) is 8.39. The summed E-state index contributed by atoms with van der Waals surface area (Å²) in [6.07, 6.45) is 10.6. The van der Waals surface area contributed by atoms with E-state index in [1.165, 1.54) is 32.1 Å². The molecule has 1 aromatic carbocycles. The number of likely N-dealkylation sites (tertiary alicyclic amines) is 1. The normalized spacial score (nSPS) is 24.2. The minimum atomic E-state index is -0.139. The highest BCUT2D eigenvalue weighted by Crippen LogP contribution is 2.34. The first-order valence-electron chi connectivity index (χ1n) is 9.68. The van der Waals surface area contributed by atoms with E-state index in [1.807, 2.05) is 24.5 Å². The Labute approximate surface area is 163 Å². The molecule has 2 atom stereocenters. The van der Waals surface area contributed by atoms with Crippen molar-refractivity contribution in [2.45, 2.75) is 61.5 Å². The van der Waals surface area contributed by atoms with Gasteiger partial charge in [-0.05, 0) is 54.1 Å². The standard InChI is InChI=1S/C19H26N6OS/c1-27-17-9-5-6-14(10-17)21-19(26)18-11-16(25-13-20-22-23-25)12-24(18)15-7-3-2-4-8-15/h5-6,9-10,13,15-16,18H,2-4,7-8,11-12H2,1H3,(H,21,26)/t16-,18-/m0/s1. The van der Waals surface area contributed by atoms with Gasteiger partial charge in [-0.1, -0.05) is 25.3 Å². The third kappa shape index (κ3) is 4.16. The molecule has 1 amide bonds. The van der Waals surface area contributed by atoms with Crippen molar-refractivity contribution < 1.29 is 4.79 Å². The molecular formula is C19H26N6OS. The summed E-state index contributed by atoms with van der Waals surface area (Å²) in [5, 5.41) is 14.8. The molecule has 1 saturated carbocycles. The van der Waals surface area contributed by atoms with Crippen LogP contribution in [0.2, 0.25) is 0 Å². The predicted molar refractivity (Wildman–Crippen MR) is 106 cm³/mol. The van der Waals surface area contributed by atoms with E-state index >= 15 is 0 Å². The average Bonchev–Trinajstić information content (AvgIpc) is 3.38. The van der Waals surface area contributed by atoms with Gasteiger partial charge in [0.1, 0.15) is 6.33 Å². The van der Waals surface area contributed by atoms with Crippen molar-refractivity contribution in [2.24, 2.45) is 0 Å². The Bertz CT molecular complexity index is 761. The fraction of sp³-hybridized carbons (Fsp3) is 0.579. The molecule has 1 aliphatic heterocycles. The van der Waals surface area contributed by atoms with Gasteiger partial charge in [-0.3, -0.25) is 9.69 Å². The molecule has 1 saturated heterocycles. The Kier molecular flexibility index (Phi) is 5.73. The Hall–Kier alpha value is -1.93. The Morgan fingerprint density at radius 2 is 2.07 bits per heavy atom. The molecule has 8 heteroatoms. The molecule has 2 aliphatic rings. The highest BCUT2D eigenvalue weighted by atomic mass is 32.2. The van der Waals surface area contributed by atoms with Crippen molar-refractivity contribution in [3.8, 4) is 0 Å². The second-order valence-electron chi connectivity index (χ2n) is 7.40. The minimum Gasteiger partial charge on any atom is -0.325 e. The zero-order valence-electron chi connectivity index (χ0n) is 15.6. The summed E-state index contributed by atoms with van der Waals surface area (Å²) in [4.78, 5) is 16.7. The van der Waals surface area contributed by atoms with Crippen LogP contribution in [-0.4, -0.2) is 55.9 Å². The molecule has 2 heterocycles. The predicted octanol–water partition coefficient (Wildman–Crippen LogP) is 2.98. The Balaban J connectivity index is 1.52. The lowest BCUT2D eigenvalue weighted by atomic mass is 9.93. The van der Waals surface area contributed by atoms with Crippen LogP contribution in [0, 0.1) is 0 Å². The van der Waals surface area contributed by atoms with Crippen LogP contribution in [0.3, 0.4) is 0 Å². The zero-order valence-corrected chi connectivity index (χ0v) is 16.4. The number of thioether (sulfide) groups is 1. The maximum atomic E-state index is 13.2. The minimum absolute atomic E-state index is 0.0781. The third-order valence-electron chi connectivity index (χ3n) is 5.74. The maximum absolute atomic E-state index is 13.2. The molecule has 0 spiro atoms. The lowest BCUT2D eigenvalue weighted by Crippen LogP contribution is -2.46. The van der Waals surface area contributed by atoms with E-state index < -0.39 is 0 Å². The number of tetrazole rings is 1. The Morgan fingerprint density at radius 3 is 2.81 bits per heavy atom. The molecule has 144 valence electrons. The maximum Gasteiger partial charge on any atom is 0.241 e. The lowest BCUT2D eigenvalue weighted by Gasteiger charge is -2.34. The number of benzene rings is 1. The number of amides is 1. The van der Waals surface area contributed by atoms with Crippen molar-refractivity contribution in [3.05, 3.63) is 30.6 Å². The van der Waals surface area contributed by atoms with E-state index in [1.54, 1.807) is 22.8 Å². The molecule has 0 bridgehead atoms. The number of carbonyl (C=O) groups is 1. The van der Waals surface area contributed by atoms with E-state index in [9.17, 15) is 4.79 Å². The van der Waals surface area contributed by atoms with Gasteiger partial charge in [0, 0.05) is 23.2 Å². The summed E-state index contributed by atoms with van der Waals surface area (Å²) in [7, 11) is 0. The number of rotatable bonds is 5. The van der Waals surface area contributed by atoms with Crippen molar-refractivity contribution in [3.63, 3.8) is 0 Å². The average molecular weight is 387 g/mol. The van der Waals surface area contributed by atoms with Crippen LogP contribution in [0.5, 0.6) is 0 Å². The van der Waals surface area contributed by atoms with E-state index in [-0.39, 0.29) is 18.0 Å². The topological polar surface area (TPSA) is 75.9 Å². The number of hydrogen-bond acceptors (Lipinski definition) is 6. The monoisotopic (exact) mass is 386 g/mol. The summed E-state index contributed by atoms with van der Waals surface area (Å²) in [6.45, 7) is 0.832. The summed E-state index contributed by atoms with van der Waals surface area (Å²) in [5.74, 6) is 0.0781. The second-order valence-corrected chi connectivity index (χ2v) is 8.28. The Morgan fingerprint density at radius 1 is 1.22 bits per heavy atom. The number of nitrogens with zero attached hydrogens (tertiary/aromatic N) is 5. The van der Waals surface area contributed by atoms with Crippen LogP contribution in [0.25, 0.3) is 0 Å². The van der Waals surface area contributed by atoms with Crippen molar-refractivity contribution in [1.29, 1.82) is 0 Å². The van der Waals surface area contributed by atoms with Gasteiger partial charge in [0.05, 0.1) is 12.1 Å². The quantitative estimate of drug-likeness (QED) is 0.796. The largest absolute Gasteiger partial charge is 0.325 e. The van der Waals surface area contributed by atoms with E-state index in [0.717, 1.165) is 23.5 Å². The van der Waals surface area contributed by atoms with Gasteiger partial charge in [-0.25, -0.2) is 4.68 Å². The van der Waals surface area contributed by atoms with E-state index in [0.29, 0.717) is 6.04 Å². The van der Waals surface area contributed by atoms with Crippen molar-refractivity contribution in [2.75, 3.05) is 18.1 Å². The first-order chi connectivity index (χ1) is 13.2. The van der Waals surface area contributed by atoms with Crippen LogP contribution >= 0.6 is 11.8 Å². The van der Waals surface area contributed by atoms with E-state index in [2.05, 4.69) is 31.8 Å². The summed E-state index contributed by atoms with van der Waals surface area (Å²) < 4.78 is 1.80. The van der Waals surface area contributed by atoms with Gasteiger partial charge in [0.25, 0.3) is 0 Å². The van der Waals surface area contributed by atoms with Crippen molar-refractivity contribution >= 4 is 23.4 Å². The van der Waals surface area contributed by atoms with Gasteiger partial charge in [0.2, 0.25) is 5.91 Å². The first-order valence-corrected chi connectivity index (χ1v) is 10.9. The number of anilines is 1. The molecular weight excluding hydrogens is 360 g/mol. The van der Waals surface area contributed by atoms with Crippen LogP contribution in [-0.2, 0) is 4.79 Å². The molecule has 2 fully saturated rings. The van der Waals surface area contributed by atoms with Crippen LogP contribution in [0.4, 0.5) is 5.69 Å². The van der Waals surface area contributed by atoms with Crippen LogP contribution in [0.15, 0.2) is 35.5 Å². The van der Waals surface area contributed by atoms with Gasteiger partial charge in [0.15, 0.2) is 0 Å². The van der Waals surface area contributed by atoms with Gasteiger partial charge >= 0.3 is 0 Å².